The Balaban J connectivity index is 1.92. The van der Waals surface area contributed by atoms with E-state index in [2.05, 4.69) is 41.6 Å². The van der Waals surface area contributed by atoms with Gasteiger partial charge in [0, 0.05) is 18.1 Å². The molecule has 0 aliphatic carbocycles. The van der Waals surface area contributed by atoms with E-state index < -0.39 is 0 Å². The van der Waals surface area contributed by atoms with Crippen LogP contribution in [0.15, 0.2) is 39.8 Å². The van der Waals surface area contributed by atoms with E-state index >= 15 is 0 Å². The summed E-state index contributed by atoms with van der Waals surface area (Å²) in [5.74, 6) is 1.83. The SMILES string of the molecule is CN=C(NCc1cc(C(C)C)no1)NC(C)c1cccc(Cl)c1. The Kier molecular flexibility index (Phi) is 6.04. The number of hydrogen-bond acceptors (Lipinski definition) is 3. The van der Waals surface area contributed by atoms with Crippen LogP contribution in [0.25, 0.3) is 0 Å². The first-order valence-corrected chi connectivity index (χ1v) is 8.05. The van der Waals surface area contributed by atoms with Crippen molar-refractivity contribution in [1.29, 1.82) is 0 Å². The zero-order valence-electron chi connectivity index (χ0n) is 13.9. The minimum Gasteiger partial charge on any atom is -0.359 e. The predicted molar refractivity (Wildman–Crippen MR) is 93.8 cm³/mol. The molecule has 2 N–H and O–H groups in total. The predicted octanol–water partition coefficient (Wildman–Crippen LogP) is 3.88. The molecule has 1 unspecified atom stereocenters. The van der Waals surface area contributed by atoms with Gasteiger partial charge in [-0.05, 0) is 30.5 Å². The van der Waals surface area contributed by atoms with E-state index in [1.807, 2.05) is 30.3 Å². The molecule has 0 aliphatic heterocycles. The molecule has 0 amide bonds. The summed E-state index contributed by atoms with van der Waals surface area (Å²) in [5, 5.41) is 11.3. The summed E-state index contributed by atoms with van der Waals surface area (Å²) in [6.07, 6.45) is 0. The smallest absolute Gasteiger partial charge is 0.191 e. The Morgan fingerprint density at radius 2 is 2.09 bits per heavy atom. The minimum atomic E-state index is 0.0841. The van der Waals surface area contributed by atoms with Crippen LogP contribution in [0.1, 0.15) is 49.7 Å². The summed E-state index contributed by atoms with van der Waals surface area (Å²) in [6, 6.07) is 9.82. The van der Waals surface area contributed by atoms with Gasteiger partial charge in [0.05, 0.1) is 18.3 Å². The van der Waals surface area contributed by atoms with Gasteiger partial charge < -0.3 is 15.2 Å². The van der Waals surface area contributed by atoms with Gasteiger partial charge >= 0.3 is 0 Å². The van der Waals surface area contributed by atoms with E-state index in [0.29, 0.717) is 18.4 Å². The first-order chi connectivity index (χ1) is 11.0. The van der Waals surface area contributed by atoms with Crippen LogP contribution in [0.2, 0.25) is 5.02 Å². The molecular formula is C17H23ClN4O. The molecule has 0 saturated carbocycles. The van der Waals surface area contributed by atoms with Gasteiger partial charge in [-0.2, -0.15) is 0 Å². The van der Waals surface area contributed by atoms with Crippen molar-refractivity contribution in [2.24, 2.45) is 4.99 Å². The maximum atomic E-state index is 6.04. The fourth-order valence-electron chi connectivity index (χ4n) is 2.11. The fourth-order valence-corrected chi connectivity index (χ4v) is 2.31. The number of aromatic nitrogens is 1. The number of benzene rings is 1. The number of hydrogen-bond donors (Lipinski definition) is 2. The van der Waals surface area contributed by atoms with Gasteiger partial charge in [-0.25, -0.2) is 0 Å². The monoisotopic (exact) mass is 334 g/mol. The molecule has 0 aliphatic rings. The largest absolute Gasteiger partial charge is 0.359 e. The molecule has 0 radical (unpaired) electrons. The third kappa shape index (κ3) is 4.99. The third-order valence-electron chi connectivity index (χ3n) is 3.52. The van der Waals surface area contributed by atoms with E-state index in [1.165, 1.54) is 0 Å². The Bertz CT molecular complexity index is 666. The molecule has 0 fully saturated rings. The normalized spacial score (nSPS) is 13.2. The van der Waals surface area contributed by atoms with Crippen LogP contribution in [0.5, 0.6) is 0 Å². The maximum Gasteiger partial charge on any atom is 0.191 e. The van der Waals surface area contributed by atoms with Crippen molar-refractivity contribution in [3.63, 3.8) is 0 Å². The highest BCUT2D eigenvalue weighted by Crippen LogP contribution is 2.17. The second-order valence-corrected chi connectivity index (χ2v) is 6.16. The van der Waals surface area contributed by atoms with Gasteiger partial charge in [-0.15, -0.1) is 0 Å². The zero-order valence-corrected chi connectivity index (χ0v) is 14.7. The molecule has 5 nitrogen and oxygen atoms in total. The Hall–Kier alpha value is -2.01. The van der Waals surface area contributed by atoms with Crippen molar-refractivity contribution in [1.82, 2.24) is 15.8 Å². The Morgan fingerprint density at radius 1 is 1.30 bits per heavy atom. The van der Waals surface area contributed by atoms with Gasteiger partial charge in [0.25, 0.3) is 0 Å². The van der Waals surface area contributed by atoms with E-state index in [9.17, 15) is 0 Å². The number of halogens is 1. The Labute approximate surface area is 142 Å². The molecule has 23 heavy (non-hydrogen) atoms. The summed E-state index contributed by atoms with van der Waals surface area (Å²) < 4.78 is 5.31. The second kappa shape index (κ2) is 8.02. The molecule has 6 heteroatoms. The van der Waals surface area contributed by atoms with Crippen LogP contribution >= 0.6 is 11.6 Å². The number of aliphatic imine (C=N–C) groups is 1. The lowest BCUT2D eigenvalue weighted by Crippen LogP contribution is -2.38. The van der Waals surface area contributed by atoms with Gasteiger partial charge in [0.1, 0.15) is 0 Å². The topological polar surface area (TPSA) is 62.5 Å². The molecule has 2 rings (SSSR count). The average Bonchev–Trinajstić information content (AvgIpc) is 3.00. The summed E-state index contributed by atoms with van der Waals surface area (Å²) in [7, 11) is 1.74. The zero-order chi connectivity index (χ0) is 16.8. The molecule has 2 aromatic rings. The quantitative estimate of drug-likeness (QED) is 0.643. The van der Waals surface area contributed by atoms with Crippen LogP contribution in [0.3, 0.4) is 0 Å². The molecule has 1 aromatic heterocycles. The third-order valence-corrected chi connectivity index (χ3v) is 3.76. The average molecular weight is 335 g/mol. The first kappa shape index (κ1) is 17.3. The lowest BCUT2D eigenvalue weighted by Gasteiger charge is -2.18. The highest BCUT2D eigenvalue weighted by molar-refractivity contribution is 6.30. The van der Waals surface area contributed by atoms with E-state index in [0.717, 1.165) is 22.0 Å². The molecule has 0 saturated heterocycles. The summed E-state index contributed by atoms with van der Waals surface area (Å²) in [5.41, 5.74) is 2.05. The van der Waals surface area contributed by atoms with Crippen molar-refractivity contribution in [3.8, 4) is 0 Å². The number of nitrogens with zero attached hydrogens (tertiary/aromatic N) is 2. The maximum absolute atomic E-state index is 6.04. The highest BCUT2D eigenvalue weighted by atomic mass is 35.5. The van der Waals surface area contributed by atoms with Crippen LogP contribution in [-0.4, -0.2) is 18.2 Å². The van der Waals surface area contributed by atoms with Gasteiger partial charge in [-0.1, -0.05) is 42.7 Å². The summed E-state index contributed by atoms with van der Waals surface area (Å²) in [4.78, 5) is 4.23. The molecule has 1 aromatic carbocycles. The molecule has 0 bridgehead atoms. The van der Waals surface area contributed by atoms with Crippen LogP contribution in [0.4, 0.5) is 0 Å². The van der Waals surface area contributed by atoms with Crippen LogP contribution in [-0.2, 0) is 6.54 Å². The fraction of sp³-hybridized carbons (Fsp3) is 0.412. The molecular weight excluding hydrogens is 312 g/mol. The standard InChI is InChI=1S/C17H23ClN4O/c1-11(2)16-9-15(23-22-16)10-20-17(19-4)21-12(3)13-6-5-7-14(18)8-13/h5-9,11-12H,10H2,1-4H3,(H2,19,20,21). The van der Waals surface area contributed by atoms with Crippen molar-refractivity contribution >= 4 is 17.6 Å². The summed E-state index contributed by atoms with van der Waals surface area (Å²) >= 11 is 6.04. The number of rotatable bonds is 5. The number of nitrogens with one attached hydrogen (secondary N) is 2. The van der Waals surface area contributed by atoms with Crippen molar-refractivity contribution in [2.45, 2.75) is 39.3 Å². The Morgan fingerprint density at radius 3 is 2.70 bits per heavy atom. The molecule has 0 spiro atoms. The van der Waals surface area contributed by atoms with Gasteiger partial charge in [0.2, 0.25) is 0 Å². The lowest BCUT2D eigenvalue weighted by molar-refractivity contribution is 0.371. The summed E-state index contributed by atoms with van der Waals surface area (Å²) in [6.45, 7) is 6.76. The lowest BCUT2D eigenvalue weighted by atomic mass is 10.1. The molecule has 1 atom stereocenters. The number of guanidine groups is 1. The molecule has 1 heterocycles. The van der Waals surface area contributed by atoms with E-state index in [4.69, 9.17) is 16.1 Å². The van der Waals surface area contributed by atoms with Crippen LogP contribution < -0.4 is 10.6 Å². The van der Waals surface area contributed by atoms with Crippen LogP contribution in [0, 0.1) is 0 Å². The minimum absolute atomic E-state index is 0.0841. The van der Waals surface area contributed by atoms with Gasteiger partial charge in [0.15, 0.2) is 11.7 Å². The van der Waals surface area contributed by atoms with E-state index in [-0.39, 0.29) is 6.04 Å². The van der Waals surface area contributed by atoms with E-state index in [1.54, 1.807) is 7.05 Å². The second-order valence-electron chi connectivity index (χ2n) is 5.72. The highest BCUT2D eigenvalue weighted by Gasteiger charge is 2.10. The first-order valence-electron chi connectivity index (χ1n) is 7.67. The van der Waals surface area contributed by atoms with Crippen molar-refractivity contribution in [2.75, 3.05) is 7.05 Å². The van der Waals surface area contributed by atoms with Crippen molar-refractivity contribution < 1.29 is 4.52 Å². The van der Waals surface area contributed by atoms with Gasteiger partial charge in [-0.3, -0.25) is 4.99 Å². The van der Waals surface area contributed by atoms with Crippen molar-refractivity contribution in [3.05, 3.63) is 52.4 Å². The molecule has 124 valence electrons.